The van der Waals surface area contributed by atoms with Gasteiger partial charge in [0.1, 0.15) is 30.8 Å². The molecule has 474 valence electrons. The largest absolute Gasteiger partial charge is 0.460 e. The Bertz CT molecular complexity index is 3600. The maximum absolute atomic E-state index is 12.7. The Labute approximate surface area is 538 Å². The summed E-state index contributed by atoms with van der Waals surface area (Å²) in [6.07, 6.45) is -1.48. The predicted molar refractivity (Wildman–Crippen MR) is 358 cm³/mol. The molecule has 5 N–H and O–H groups in total. The minimum Gasteiger partial charge on any atom is -0.460 e. The van der Waals surface area contributed by atoms with Crippen molar-refractivity contribution in [2.24, 2.45) is 0 Å². The van der Waals surface area contributed by atoms with Gasteiger partial charge >= 0.3 is 24.1 Å². The minimum absolute atomic E-state index is 0.0898. The van der Waals surface area contributed by atoms with E-state index in [0.29, 0.717) is 108 Å². The number of furan rings is 2. The number of hydrogen-bond acceptors (Lipinski definition) is 15. The third-order valence-electron chi connectivity index (χ3n) is 15.9. The lowest BCUT2D eigenvalue weighted by Crippen LogP contribution is -2.49. The van der Waals surface area contributed by atoms with Gasteiger partial charge in [-0.2, -0.15) is 0 Å². The van der Waals surface area contributed by atoms with E-state index in [-0.39, 0.29) is 64.5 Å². The first-order chi connectivity index (χ1) is 43.6. The Morgan fingerprint density at radius 2 is 0.933 bits per heavy atom. The topological polar surface area (TPSA) is 217 Å². The standard InChI is InChI=1S/C32H32ClN3O6.C32H32ClN3O5.C6H16Si/c1-2-40-31(38)30-26(19-28(42-30)22-8-10-23(33)11-9-22)29(37)25-13-12-24(18-27(25)34)35-14-16-36(17-15-35)32(39)41-20-21-6-4-3-5-7-21;1-2-39-31(37)30-25(19-29(41-30)23-8-11-26(33)12-9-23)18-24-10-13-27(20-28(24)34)35-14-16-36(17-15-35)32(38)40-21-22-6-4-3-5-7-22;1-4-7(5-2)6-3/h3-13,18-19,29,37H,2,14-17,20,34H2,1H3;3-13,19-20H,2,14-18,21,34H2,1H3;7H,4-6H2,1-3H3. The number of aliphatic hydroxyl groups is 1. The van der Waals surface area contributed by atoms with Gasteiger partial charge in [-0.3, -0.25) is 0 Å². The van der Waals surface area contributed by atoms with Crippen molar-refractivity contribution < 1.29 is 52.1 Å². The molecule has 2 amide bonds. The lowest BCUT2D eigenvalue weighted by Gasteiger charge is -2.35. The predicted octanol–water partition coefficient (Wildman–Crippen LogP) is 14.6. The molecule has 1 atom stereocenters. The van der Waals surface area contributed by atoms with Crippen molar-refractivity contribution in [2.75, 3.05) is 86.8 Å². The second-order valence-corrected chi connectivity index (χ2v) is 26.8. The van der Waals surface area contributed by atoms with E-state index in [4.69, 9.17) is 62.5 Å². The van der Waals surface area contributed by atoms with Crippen LogP contribution in [0.25, 0.3) is 22.6 Å². The summed E-state index contributed by atoms with van der Waals surface area (Å²) in [4.78, 5) is 58.2. The van der Waals surface area contributed by atoms with Crippen LogP contribution in [0.4, 0.5) is 32.3 Å². The number of carbonyl (C=O) groups excluding carboxylic acids is 4. The van der Waals surface area contributed by atoms with E-state index in [0.717, 1.165) is 33.6 Å². The summed E-state index contributed by atoms with van der Waals surface area (Å²) in [7, 11) is -0.171. The first kappa shape index (κ1) is 67.3. The highest BCUT2D eigenvalue weighted by atomic mass is 35.5. The highest BCUT2D eigenvalue weighted by molar-refractivity contribution is 6.58. The van der Waals surface area contributed by atoms with Gasteiger partial charge in [-0.25, -0.2) is 19.2 Å². The van der Waals surface area contributed by atoms with Gasteiger partial charge in [-0.05, 0) is 115 Å². The van der Waals surface area contributed by atoms with E-state index in [9.17, 15) is 24.3 Å². The van der Waals surface area contributed by atoms with Crippen LogP contribution in [-0.2, 0) is 38.6 Å². The Kier molecular flexibility index (Phi) is 24.8. The van der Waals surface area contributed by atoms with Crippen LogP contribution in [0.2, 0.25) is 28.2 Å². The molecule has 4 heterocycles. The number of halogens is 2. The fourth-order valence-corrected chi connectivity index (χ4v) is 12.5. The molecule has 10 rings (SSSR count). The van der Waals surface area contributed by atoms with Crippen molar-refractivity contribution in [1.29, 1.82) is 0 Å². The molecular formula is C70H80Cl2N6O11Si. The van der Waals surface area contributed by atoms with Gasteiger partial charge in [0.15, 0.2) is 0 Å². The number of anilines is 4. The first-order valence-corrected chi connectivity index (χ1v) is 33.8. The van der Waals surface area contributed by atoms with Crippen LogP contribution >= 0.6 is 23.2 Å². The van der Waals surface area contributed by atoms with E-state index >= 15 is 0 Å². The number of hydrogen-bond donors (Lipinski definition) is 3. The lowest BCUT2D eigenvalue weighted by molar-refractivity contribution is 0.0478. The summed E-state index contributed by atoms with van der Waals surface area (Å²) >= 11 is 12.0. The highest BCUT2D eigenvalue weighted by Gasteiger charge is 2.30. The molecule has 20 heteroatoms. The maximum atomic E-state index is 12.7. The Morgan fingerprint density at radius 3 is 1.37 bits per heavy atom. The molecule has 1 unspecified atom stereocenters. The van der Waals surface area contributed by atoms with Gasteiger partial charge in [0.05, 0.1) is 13.2 Å². The number of esters is 2. The average molecular weight is 1280 g/mol. The molecule has 2 fully saturated rings. The highest BCUT2D eigenvalue weighted by Crippen LogP contribution is 2.37. The summed E-state index contributed by atoms with van der Waals surface area (Å²) < 4.78 is 33.2. The Morgan fingerprint density at radius 1 is 0.500 bits per heavy atom. The molecule has 0 radical (unpaired) electrons. The van der Waals surface area contributed by atoms with Crippen LogP contribution in [0.3, 0.4) is 0 Å². The zero-order chi connectivity index (χ0) is 64.1. The Balaban J connectivity index is 0.000000210. The summed E-state index contributed by atoms with van der Waals surface area (Å²) in [6.45, 7) is 15.9. The zero-order valence-corrected chi connectivity index (χ0v) is 54.4. The molecule has 2 aromatic heterocycles. The summed E-state index contributed by atoms with van der Waals surface area (Å²) in [5, 5.41) is 12.5. The van der Waals surface area contributed by atoms with Gasteiger partial charge < -0.3 is 64.0 Å². The number of nitrogen functional groups attached to an aromatic ring is 2. The van der Waals surface area contributed by atoms with Crippen molar-refractivity contribution in [1.82, 2.24) is 9.80 Å². The van der Waals surface area contributed by atoms with E-state index in [1.807, 2.05) is 103 Å². The van der Waals surface area contributed by atoms with Crippen LogP contribution < -0.4 is 21.3 Å². The van der Waals surface area contributed by atoms with Gasteiger partial charge in [0, 0.05) is 128 Å². The Hall–Kier alpha value is -8.68. The molecule has 2 aliphatic heterocycles. The van der Waals surface area contributed by atoms with E-state index in [1.54, 1.807) is 78.2 Å². The molecular weight excluding hydrogens is 1200 g/mol. The van der Waals surface area contributed by atoms with Crippen LogP contribution in [0.1, 0.15) is 95.2 Å². The number of piperazine rings is 2. The summed E-state index contributed by atoms with van der Waals surface area (Å²) in [5.41, 5.74) is 21.3. The number of ether oxygens (including phenoxy) is 4. The maximum Gasteiger partial charge on any atom is 0.410 e. The molecule has 2 aliphatic rings. The van der Waals surface area contributed by atoms with Crippen LogP contribution in [-0.4, -0.2) is 113 Å². The number of aliphatic hydroxyl groups excluding tert-OH is 1. The number of rotatable bonds is 19. The van der Waals surface area contributed by atoms with Crippen molar-refractivity contribution >= 4 is 78.9 Å². The van der Waals surface area contributed by atoms with E-state index in [2.05, 4.69) is 30.6 Å². The van der Waals surface area contributed by atoms with Crippen molar-refractivity contribution in [2.45, 2.75) is 78.5 Å². The molecule has 0 saturated carbocycles. The molecule has 8 aromatic rings. The molecule has 0 spiro atoms. The molecule has 90 heavy (non-hydrogen) atoms. The van der Waals surface area contributed by atoms with Crippen molar-refractivity contribution in [3.63, 3.8) is 0 Å². The monoisotopic (exact) mass is 1280 g/mol. The quantitative estimate of drug-likeness (QED) is 0.0297. The average Bonchev–Trinajstić information content (AvgIpc) is 1.80. The smallest absolute Gasteiger partial charge is 0.410 e. The molecule has 0 bridgehead atoms. The first-order valence-electron chi connectivity index (χ1n) is 30.6. The third kappa shape index (κ3) is 18.2. The summed E-state index contributed by atoms with van der Waals surface area (Å²) in [5.74, 6) is -0.182. The fourth-order valence-electron chi connectivity index (χ4n) is 10.5. The van der Waals surface area contributed by atoms with Crippen molar-refractivity contribution in [3.05, 3.63) is 213 Å². The molecule has 2 saturated heterocycles. The lowest BCUT2D eigenvalue weighted by atomic mass is 9.98. The summed E-state index contributed by atoms with van der Waals surface area (Å²) in [6, 6.07) is 52.6. The number of benzene rings is 6. The van der Waals surface area contributed by atoms with E-state index in [1.165, 1.54) is 18.1 Å². The zero-order valence-electron chi connectivity index (χ0n) is 51.7. The van der Waals surface area contributed by atoms with Crippen LogP contribution in [0, 0.1) is 0 Å². The van der Waals surface area contributed by atoms with Crippen LogP contribution in [0.15, 0.2) is 167 Å². The molecule has 0 aliphatic carbocycles. The third-order valence-corrected chi connectivity index (χ3v) is 19.8. The number of amides is 2. The second kappa shape index (κ2) is 33.2. The molecule has 6 aromatic carbocycles. The normalized spacial score (nSPS) is 13.3. The fraction of sp³-hybridized carbons (Fsp3) is 0.314. The van der Waals surface area contributed by atoms with Gasteiger partial charge in [-0.15, -0.1) is 0 Å². The number of nitrogens with zero attached hydrogens (tertiary/aromatic N) is 4. The van der Waals surface area contributed by atoms with Crippen molar-refractivity contribution in [3.8, 4) is 22.6 Å². The molecule has 17 nitrogen and oxygen atoms in total. The van der Waals surface area contributed by atoms with E-state index < -0.39 is 18.0 Å². The number of nitrogens with two attached hydrogens (primary N) is 2. The minimum atomic E-state index is -1.24. The van der Waals surface area contributed by atoms with Gasteiger partial charge in [0.2, 0.25) is 11.5 Å². The van der Waals surface area contributed by atoms with Gasteiger partial charge in [-0.1, -0.05) is 135 Å². The number of carbonyl (C=O) groups is 4. The van der Waals surface area contributed by atoms with Gasteiger partial charge in [0.25, 0.3) is 0 Å². The SMILES string of the molecule is CCOC(=O)c1oc(-c2ccc(Cl)cc2)cc1C(O)c1ccc(N2CCN(C(=O)OCc3ccccc3)CC2)cc1N.CCOC(=O)c1oc(-c2ccc(Cl)cc2)cc1Cc1ccc(N2CCN(C(=O)OCc3ccccc3)CC2)cc1N.CC[SiH](CC)CC. The van der Waals surface area contributed by atoms with Crippen LogP contribution in [0.5, 0.6) is 0 Å². The second-order valence-electron chi connectivity index (χ2n) is 21.7.